The van der Waals surface area contributed by atoms with E-state index in [0.29, 0.717) is 0 Å². The summed E-state index contributed by atoms with van der Waals surface area (Å²) in [4.78, 5) is 0. The first-order chi connectivity index (χ1) is 3.00. The average molecular weight is 94.1 g/mol. The third kappa shape index (κ3) is 93.3. The third-order valence-electron chi connectivity index (χ3n) is 0. The Morgan fingerprint density at radius 1 is 1.00 bits per heavy atom. The Bertz CT molecular complexity index is 24.3. The molecule has 0 heterocycles. The number of rotatable bonds is 0. The Hall–Kier alpha value is -0.488. The van der Waals surface area contributed by atoms with Crippen molar-refractivity contribution in [3.05, 3.63) is 13.1 Å². The average Bonchev–Trinajstić information content (AvgIpc) is 1.81. The zero-order valence-electron chi connectivity index (χ0n) is 3.47. The molecule has 0 aromatic rings. The maximum absolute atomic E-state index is 6.25. The molecule has 0 aliphatic carbocycles. The van der Waals surface area contributed by atoms with E-state index < -0.39 is 0 Å². The quantitative estimate of drug-likeness (QED) is 0.322. The standard InChI is InChI=1S/2CN.CH3.Al/c2*1-2;;/h;;1H3;/q2*-1;;+2. The van der Waals surface area contributed by atoms with Gasteiger partial charge in [-0.05, 0) is 0 Å². The van der Waals surface area contributed by atoms with Gasteiger partial charge in [-0.15, -0.1) is 0 Å². The second kappa shape index (κ2) is 234. The van der Waals surface area contributed by atoms with Crippen molar-refractivity contribution in [2.75, 3.05) is 0 Å². The van der Waals surface area contributed by atoms with Crippen molar-refractivity contribution in [1.82, 2.24) is 0 Å². The van der Waals surface area contributed by atoms with Gasteiger partial charge in [0.2, 0.25) is 0 Å². The molecule has 0 rings (SSSR count). The summed E-state index contributed by atoms with van der Waals surface area (Å²) >= 11 is 2.42. The summed E-state index contributed by atoms with van der Waals surface area (Å²) in [5.74, 6) is 1.92. The molecule has 0 aromatic carbocycles. The molecular formula is C3H3AlN2. The van der Waals surface area contributed by atoms with Gasteiger partial charge in [-0.2, -0.15) is 0 Å². The number of nitrogens with zero attached hydrogens (tertiary/aromatic N) is 2. The van der Waals surface area contributed by atoms with E-state index in [1.54, 1.807) is 0 Å². The zero-order valence-corrected chi connectivity index (χ0v) is 4.63. The molecule has 0 radical (unpaired) electrons. The van der Waals surface area contributed by atoms with Crippen LogP contribution in [0.4, 0.5) is 0 Å². The van der Waals surface area contributed by atoms with Gasteiger partial charge in [-0.25, -0.2) is 0 Å². The SMILES string of the molecule is [C-]#N.[C-]#N.[CH3][Al+2]. The van der Waals surface area contributed by atoms with Crippen LogP contribution in [-0.2, 0) is 0 Å². The Balaban J connectivity index is -0.0000000225. The van der Waals surface area contributed by atoms with Crippen LogP contribution in [0.5, 0.6) is 0 Å². The fraction of sp³-hybridized carbons (Fsp3) is 0.333. The second-order valence-electron chi connectivity index (χ2n) is 0. The number of hydrogen-bond acceptors (Lipinski definition) is 2. The van der Waals surface area contributed by atoms with Gasteiger partial charge in [-0.3, -0.25) is 0 Å². The van der Waals surface area contributed by atoms with Crippen molar-refractivity contribution >= 4 is 16.3 Å². The molecule has 0 aliphatic heterocycles. The van der Waals surface area contributed by atoms with Gasteiger partial charge in [-0.1, -0.05) is 0 Å². The van der Waals surface area contributed by atoms with Crippen LogP contribution in [0, 0.1) is 23.7 Å². The molecule has 0 spiro atoms. The predicted molar refractivity (Wildman–Crippen MR) is 21.6 cm³/mol. The van der Waals surface area contributed by atoms with E-state index in [1.807, 2.05) is 5.79 Å². The summed E-state index contributed by atoms with van der Waals surface area (Å²) < 4.78 is 0. The minimum absolute atomic E-state index is 1.92. The summed E-state index contributed by atoms with van der Waals surface area (Å²) in [5.41, 5.74) is 0. The summed E-state index contributed by atoms with van der Waals surface area (Å²) in [7, 11) is 0. The monoisotopic (exact) mass is 94.0 g/mol. The molecule has 0 aliphatic rings. The first kappa shape index (κ1) is 17.8. The Morgan fingerprint density at radius 3 is 1.00 bits per heavy atom. The summed E-state index contributed by atoms with van der Waals surface area (Å²) in [6.07, 6.45) is 0. The van der Waals surface area contributed by atoms with Crippen molar-refractivity contribution in [2.24, 2.45) is 0 Å². The van der Waals surface area contributed by atoms with Gasteiger partial charge in [0.05, 0.1) is 0 Å². The molecule has 0 bridgehead atoms. The molecule has 0 saturated heterocycles. The van der Waals surface area contributed by atoms with Crippen LogP contribution in [0.2, 0.25) is 5.79 Å². The topological polar surface area (TPSA) is 47.6 Å². The molecule has 0 amide bonds. The molecule has 0 unspecified atom stereocenters. The zero-order chi connectivity index (χ0) is 6.00. The molecule has 0 fully saturated rings. The molecular weight excluding hydrogens is 91.0 g/mol. The van der Waals surface area contributed by atoms with Crippen LogP contribution in [0.15, 0.2) is 0 Å². The van der Waals surface area contributed by atoms with Crippen molar-refractivity contribution in [2.45, 2.75) is 5.79 Å². The van der Waals surface area contributed by atoms with E-state index in [0.717, 1.165) is 0 Å². The van der Waals surface area contributed by atoms with Crippen molar-refractivity contribution in [1.29, 1.82) is 10.5 Å². The molecule has 0 N–H and O–H groups in total. The summed E-state index contributed by atoms with van der Waals surface area (Å²) in [6.45, 7) is 9.50. The maximum atomic E-state index is 6.25. The molecule has 0 saturated carbocycles. The summed E-state index contributed by atoms with van der Waals surface area (Å²) in [5, 5.41) is 12.5. The van der Waals surface area contributed by atoms with E-state index in [9.17, 15) is 0 Å². The van der Waals surface area contributed by atoms with E-state index >= 15 is 0 Å². The second-order valence-corrected chi connectivity index (χ2v) is 0. The normalized spacial score (nSPS) is 1.83. The summed E-state index contributed by atoms with van der Waals surface area (Å²) in [6, 6.07) is 0. The van der Waals surface area contributed by atoms with Crippen molar-refractivity contribution in [3.63, 3.8) is 0 Å². The van der Waals surface area contributed by atoms with E-state index in [-0.39, 0.29) is 0 Å². The molecule has 28 valence electrons. The van der Waals surface area contributed by atoms with Gasteiger partial charge in [0.15, 0.2) is 0 Å². The molecule has 6 heavy (non-hydrogen) atoms. The van der Waals surface area contributed by atoms with Gasteiger partial charge >= 0.3 is 22.1 Å². The first-order valence-corrected chi connectivity index (χ1v) is 2.18. The number of hydrogen-bond donors (Lipinski definition) is 0. The molecule has 0 aromatic heterocycles. The van der Waals surface area contributed by atoms with Gasteiger partial charge < -0.3 is 23.7 Å². The van der Waals surface area contributed by atoms with Crippen molar-refractivity contribution < 1.29 is 0 Å². The van der Waals surface area contributed by atoms with Crippen LogP contribution >= 0.6 is 0 Å². The van der Waals surface area contributed by atoms with Gasteiger partial charge in [0.1, 0.15) is 0 Å². The fourth-order valence-electron chi connectivity index (χ4n) is 0. The van der Waals surface area contributed by atoms with Gasteiger partial charge in [0, 0.05) is 0 Å². The first-order valence-electron chi connectivity index (χ1n) is 1.02. The van der Waals surface area contributed by atoms with Crippen LogP contribution in [-0.4, -0.2) is 16.3 Å². The molecule has 2 nitrogen and oxygen atoms in total. The van der Waals surface area contributed by atoms with E-state index in [4.69, 9.17) is 23.7 Å². The Kier molecular flexibility index (Phi) is 694. The van der Waals surface area contributed by atoms with E-state index in [1.165, 1.54) is 0 Å². The molecule has 3 heteroatoms. The van der Waals surface area contributed by atoms with Crippen LogP contribution < -0.4 is 0 Å². The fourth-order valence-corrected chi connectivity index (χ4v) is 0. The predicted octanol–water partition coefficient (Wildman–Crippen LogP) is 0.396. The minimum atomic E-state index is 1.92. The van der Waals surface area contributed by atoms with Crippen LogP contribution in [0.25, 0.3) is 0 Å². The Labute approximate surface area is 46.4 Å². The Morgan fingerprint density at radius 2 is 1.00 bits per heavy atom. The van der Waals surface area contributed by atoms with E-state index in [2.05, 4.69) is 16.3 Å². The third-order valence-corrected chi connectivity index (χ3v) is 0. The molecule has 0 atom stereocenters. The van der Waals surface area contributed by atoms with Crippen molar-refractivity contribution in [3.8, 4) is 0 Å². The van der Waals surface area contributed by atoms with Gasteiger partial charge in [0.25, 0.3) is 0 Å². The van der Waals surface area contributed by atoms with Crippen LogP contribution in [0.3, 0.4) is 0 Å². The van der Waals surface area contributed by atoms with Crippen LogP contribution in [0.1, 0.15) is 0 Å².